The summed E-state index contributed by atoms with van der Waals surface area (Å²) in [4.78, 5) is 11.5. The number of hydrogen-bond acceptors (Lipinski definition) is 5. The van der Waals surface area contributed by atoms with Crippen LogP contribution < -0.4 is 4.72 Å². The molecule has 0 aliphatic heterocycles. The van der Waals surface area contributed by atoms with E-state index in [1.165, 1.54) is 18.2 Å². The Morgan fingerprint density at radius 1 is 1.12 bits per heavy atom. The number of hydrogen-bond donors (Lipinski definition) is 2. The van der Waals surface area contributed by atoms with E-state index in [1.807, 2.05) is 6.92 Å². The van der Waals surface area contributed by atoms with E-state index in [0.29, 0.717) is 23.2 Å². The average Bonchev–Trinajstić information content (AvgIpc) is 3.15. The van der Waals surface area contributed by atoms with Crippen molar-refractivity contribution < 1.29 is 36.0 Å². The van der Waals surface area contributed by atoms with Crippen molar-refractivity contribution in [2.24, 2.45) is 0 Å². The molecule has 2 N–H and O–H groups in total. The summed E-state index contributed by atoms with van der Waals surface area (Å²) in [7, 11) is -5.57. The third-order valence-electron chi connectivity index (χ3n) is 4.95. The number of rotatable bonds is 9. The molecule has 3 aromatic rings. The Morgan fingerprint density at radius 3 is 2.39 bits per heavy atom. The molecule has 0 amide bonds. The van der Waals surface area contributed by atoms with E-state index in [2.05, 4.69) is 5.16 Å². The molecule has 0 atom stereocenters. The van der Waals surface area contributed by atoms with Crippen LogP contribution in [0.4, 0.5) is 18.9 Å². The number of aromatic carboxylic acids is 1. The Labute approximate surface area is 188 Å². The molecule has 176 valence electrons. The summed E-state index contributed by atoms with van der Waals surface area (Å²) in [5, 5.41) is 13.3. The molecule has 7 nitrogen and oxygen atoms in total. The maximum absolute atomic E-state index is 12.8. The van der Waals surface area contributed by atoms with Crippen LogP contribution in [0.25, 0.3) is 11.1 Å². The first-order chi connectivity index (χ1) is 15.5. The van der Waals surface area contributed by atoms with Gasteiger partial charge in [-0.15, -0.1) is 0 Å². The predicted octanol–water partition coefficient (Wildman–Crippen LogP) is 5.23. The van der Waals surface area contributed by atoms with Crippen LogP contribution in [0.5, 0.6) is 0 Å². The third kappa shape index (κ3) is 5.54. The molecule has 0 aliphatic carbocycles. The maximum Gasteiger partial charge on any atom is 0.516 e. The van der Waals surface area contributed by atoms with Gasteiger partial charge in [0.25, 0.3) is 0 Å². The second-order valence-corrected chi connectivity index (χ2v) is 8.99. The number of carboxylic acids is 1. The van der Waals surface area contributed by atoms with Crippen LogP contribution in [0.1, 0.15) is 47.1 Å². The lowest BCUT2D eigenvalue weighted by Gasteiger charge is -2.14. The molecule has 0 fully saturated rings. The molecular weight excluding hydrogens is 461 g/mol. The Morgan fingerprint density at radius 2 is 1.79 bits per heavy atom. The molecule has 0 radical (unpaired) electrons. The summed E-state index contributed by atoms with van der Waals surface area (Å²) in [6.45, 7) is 2.00. The third-order valence-corrected chi connectivity index (χ3v) is 6.05. The molecule has 0 bridgehead atoms. The van der Waals surface area contributed by atoms with Gasteiger partial charge in [0.05, 0.1) is 11.4 Å². The van der Waals surface area contributed by atoms with E-state index in [4.69, 9.17) is 4.52 Å². The van der Waals surface area contributed by atoms with Crippen molar-refractivity contribution in [2.45, 2.75) is 38.1 Å². The Hall–Kier alpha value is -3.34. The fraction of sp³-hybridized carbons (Fsp3) is 0.273. The number of aromatic nitrogens is 1. The lowest BCUT2D eigenvalue weighted by molar-refractivity contribution is -0.0429. The summed E-state index contributed by atoms with van der Waals surface area (Å²) in [6.07, 6.45) is 2.54. The zero-order chi connectivity index (χ0) is 24.2. The Bertz CT molecular complexity index is 1240. The lowest BCUT2D eigenvalue weighted by atomic mass is 9.97. The van der Waals surface area contributed by atoms with Gasteiger partial charge in [-0.25, -0.2) is 4.79 Å². The van der Waals surface area contributed by atoms with Crippen LogP contribution in [0, 0.1) is 0 Å². The predicted molar refractivity (Wildman–Crippen MR) is 115 cm³/mol. The van der Waals surface area contributed by atoms with E-state index < -0.39 is 21.5 Å². The number of alkyl halides is 3. The minimum atomic E-state index is -5.57. The van der Waals surface area contributed by atoms with Crippen LogP contribution in [0.2, 0.25) is 0 Å². The van der Waals surface area contributed by atoms with Crippen molar-refractivity contribution in [3.63, 3.8) is 0 Å². The van der Waals surface area contributed by atoms with Crippen LogP contribution in [0.3, 0.4) is 0 Å². The minimum Gasteiger partial charge on any atom is -0.475 e. The highest BCUT2D eigenvalue weighted by Crippen LogP contribution is 2.32. The largest absolute Gasteiger partial charge is 0.516 e. The van der Waals surface area contributed by atoms with Crippen molar-refractivity contribution >= 4 is 21.7 Å². The van der Waals surface area contributed by atoms with Gasteiger partial charge in [-0.3, -0.25) is 4.72 Å². The number of para-hydroxylation sites is 1. The standard InChI is InChI=1S/C22H21F3N2O5S/c1-2-3-7-18-17(20(21(28)29)32-26-18)13-14-9-11-15(12-10-14)16-6-4-5-8-19(16)27-33(30,31)22(23,24)25/h4-6,8-12,27H,2-3,7,13H2,1H3,(H,28,29). The zero-order valence-corrected chi connectivity index (χ0v) is 18.3. The number of benzene rings is 2. The van der Waals surface area contributed by atoms with Crippen molar-refractivity contribution in [3.05, 3.63) is 71.1 Å². The van der Waals surface area contributed by atoms with E-state index >= 15 is 0 Å². The van der Waals surface area contributed by atoms with Crippen LogP contribution >= 0.6 is 0 Å². The summed E-state index contributed by atoms with van der Waals surface area (Å²) in [5.41, 5.74) is -3.13. The Kier molecular flexibility index (Phi) is 7.11. The zero-order valence-electron chi connectivity index (χ0n) is 17.5. The first-order valence-corrected chi connectivity index (χ1v) is 11.5. The quantitative estimate of drug-likeness (QED) is 0.432. The smallest absolute Gasteiger partial charge is 0.475 e. The highest BCUT2D eigenvalue weighted by molar-refractivity contribution is 7.93. The molecule has 0 unspecified atom stereocenters. The second kappa shape index (κ2) is 9.65. The van der Waals surface area contributed by atoms with Gasteiger partial charge >= 0.3 is 21.5 Å². The van der Waals surface area contributed by atoms with Crippen molar-refractivity contribution in [3.8, 4) is 11.1 Å². The highest BCUT2D eigenvalue weighted by atomic mass is 32.2. The normalized spacial score (nSPS) is 12.0. The van der Waals surface area contributed by atoms with Gasteiger partial charge in [0.1, 0.15) is 0 Å². The number of sulfonamides is 1. The number of aryl methyl sites for hydroxylation is 1. The van der Waals surface area contributed by atoms with Gasteiger partial charge in [-0.05, 0) is 30.0 Å². The van der Waals surface area contributed by atoms with Gasteiger partial charge < -0.3 is 9.63 Å². The van der Waals surface area contributed by atoms with E-state index in [0.717, 1.165) is 18.4 Å². The fourth-order valence-electron chi connectivity index (χ4n) is 3.27. The van der Waals surface area contributed by atoms with Crippen LogP contribution in [0.15, 0.2) is 53.1 Å². The van der Waals surface area contributed by atoms with Gasteiger partial charge in [0.2, 0.25) is 5.76 Å². The fourth-order valence-corrected chi connectivity index (χ4v) is 3.85. The minimum absolute atomic E-state index is 0.211. The van der Waals surface area contributed by atoms with E-state index in [1.54, 1.807) is 35.1 Å². The number of unbranched alkanes of at least 4 members (excludes halogenated alkanes) is 1. The summed E-state index contributed by atoms with van der Waals surface area (Å²) < 4.78 is 68.0. The first-order valence-electron chi connectivity index (χ1n) is 10.0. The number of carbonyl (C=O) groups is 1. The van der Waals surface area contributed by atoms with Crippen molar-refractivity contribution in [1.82, 2.24) is 5.16 Å². The SMILES string of the molecule is CCCCc1noc(C(=O)O)c1Cc1ccc(-c2ccccc2NS(=O)(=O)C(F)(F)F)cc1. The maximum atomic E-state index is 12.8. The van der Waals surface area contributed by atoms with Crippen molar-refractivity contribution in [2.75, 3.05) is 4.72 Å². The van der Waals surface area contributed by atoms with Crippen molar-refractivity contribution in [1.29, 1.82) is 0 Å². The molecule has 1 aromatic heterocycles. The summed E-state index contributed by atoms with van der Waals surface area (Å²) >= 11 is 0. The van der Waals surface area contributed by atoms with E-state index in [9.17, 15) is 31.5 Å². The first kappa shape index (κ1) is 24.3. The topological polar surface area (TPSA) is 110 Å². The number of carboxylic acid groups (broad SMARTS) is 1. The Balaban J connectivity index is 1.89. The molecule has 0 saturated heterocycles. The van der Waals surface area contributed by atoms with Crippen LogP contribution in [-0.4, -0.2) is 30.2 Å². The summed E-state index contributed by atoms with van der Waals surface area (Å²) in [6, 6.07) is 12.3. The molecule has 0 saturated carbocycles. The van der Waals surface area contributed by atoms with Gasteiger partial charge in [0.15, 0.2) is 0 Å². The van der Waals surface area contributed by atoms with Gasteiger partial charge in [0, 0.05) is 17.5 Å². The van der Waals surface area contributed by atoms with Gasteiger partial charge in [-0.2, -0.15) is 21.6 Å². The molecule has 1 heterocycles. The lowest BCUT2D eigenvalue weighted by Crippen LogP contribution is -2.30. The average molecular weight is 482 g/mol. The van der Waals surface area contributed by atoms with E-state index in [-0.39, 0.29) is 23.4 Å². The number of nitrogens with one attached hydrogen (secondary N) is 1. The monoisotopic (exact) mass is 482 g/mol. The van der Waals surface area contributed by atoms with Gasteiger partial charge in [-0.1, -0.05) is 61.0 Å². The molecule has 3 rings (SSSR count). The summed E-state index contributed by atoms with van der Waals surface area (Å²) in [5.74, 6) is -1.44. The highest BCUT2D eigenvalue weighted by Gasteiger charge is 2.46. The molecule has 0 aliphatic rings. The number of halogens is 3. The molecule has 11 heteroatoms. The molecule has 33 heavy (non-hydrogen) atoms. The second-order valence-electron chi connectivity index (χ2n) is 7.32. The number of anilines is 1. The molecule has 0 spiro atoms. The number of nitrogens with zero attached hydrogens (tertiary/aromatic N) is 1. The molecular formula is C22H21F3N2O5S. The molecule has 2 aromatic carbocycles. The van der Waals surface area contributed by atoms with Crippen LogP contribution in [-0.2, 0) is 22.9 Å².